The van der Waals surface area contributed by atoms with Crippen LogP contribution in [0.5, 0.6) is 23.0 Å². The Labute approximate surface area is 354 Å². The molecule has 61 heavy (non-hydrogen) atoms. The van der Waals surface area contributed by atoms with Crippen molar-refractivity contribution in [3.8, 4) is 56.4 Å². The number of ether oxygens (including phenoxy) is 2. The van der Waals surface area contributed by atoms with Crippen LogP contribution in [0.15, 0.2) is 218 Å². The Hall–Kier alpha value is -8.08. The maximum atomic E-state index is 6.57. The Balaban J connectivity index is 0.948. The molecular formula is C57H40N2O2. The van der Waals surface area contributed by atoms with Crippen LogP contribution in [0.4, 0.5) is 11.4 Å². The highest BCUT2D eigenvalue weighted by Gasteiger charge is 2.45. The van der Waals surface area contributed by atoms with Crippen molar-refractivity contribution in [2.75, 3.05) is 11.5 Å². The molecular weight excluding hydrogens is 745 g/mol. The van der Waals surface area contributed by atoms with Gasteiger partial charge in [-0.15, -0.1) is 0 Å². The molecule has 4 heteroatoms. The van der Waals surface area contributed by atoms with E-state index in [0.717, 1.165) is 67.2 Å². The van der Waals surface area contributed by atoms with Gasteiger partial charge in [-0.2, -0.15) is 0 Å². The zero-order valence-corrected chi connectivity index (χ0v) is 33.3. The van der Waals surface area contributed by atoms with Gasteiger partial charge < -0.3 is 20.9 Å². The van der Waals surface area contributed by atoms with E-state index in [9.17, 15) is 0 Å². The Morgan fingerprint density at radius 1 is 0.295 bits per heavy atom. The minimum absolute atomic E-state index is 0.588. The highest BCUT2D eigenvalue weighted by Crippen LogP contribution is 2.56. The van der Waals surface area contributed by atoms with Crippen LogP contribution in [-0.2, 0) is 5.41 Å². The molecule has 1 aliphatic carbocycles. The smallest absolute Gasteiger partial charge is 0.128 e. The monoisotopic (exact) mass is 784 g/mol. The van der Waals surface area contributed by atoms with E-state index in [0.29, 0.717) is 11.4 Å². The van der Waals surface area contributed by atoms with E-state index in [1.165, 1.54) is 33.0 Å². The first-order valence-corrected chi connectivity index (χ1v) is 20.6. The van der Waals surface area contributed by atoms with Gasteiger partial charge in [0.2, 0.25) is 0 Å². The van der Waals surface area contributed by atoms with Crippen LogP contribution in [0.25, 0.3) is 54.9 Å². The van der Waals surface area contributed by atoms with Gasteiger partial charge in [-0.3, -0.25) is 0 Å². The van der Waals surface area contributed by atoms with Gasteiger partial charge in [0.1, 0.15) is 23.0 Å². The average molecular weight is 785 g/mol. The summed E-state index contributed by atoms with van der Waals surface area (Å²) in [7, 11) is 0. The minimum Gasteiger partial charge on any atom is -0.457 e. The largest absolute Gasteiger partial charge is 0.457 e. The predicted molar refractivity (Wildman–Crippen MR) is 251 cm³/mol. The summed E-state index contributed by atoms with van der Waals surface area (Å²) in [6.07, 6.45) is 0. The second-order valence-corrected chi connectivity index (χ2v) is 15.6. The van der Waals surface area contributed by atoms with Gasteiger partial charge >= 0.3 is 0 Å². The highest BCUT2D eigenvalue weighted by atomic mass is 16.5. The molecule has 0 unspecified atom stereocenters. The lowest BCUT2D eigenvalue weighted by molar-refractivity contribution is 0.482. The molecule has 0 saturated carbocycles. The number of fused-ring (bicyclic) bond motifs is 5. The van der Waals surface area contributed by atoms with E-state index in [2.05, 4.69) is 182 Å². The lowest BCUT2D eigenvalue weighted by Crippen LogP contribution is -2.28. The van der Waals surface area contributed by atoms with Crippen LogP contribution in [0.1, 0.15) is 22.3 Å². The molecule has 4 nitrogen and oxygen atoms in total. The lowest BCUT2D eigenvalue weighted by Gasteiger charge is -2.34. The van der Waals surface area contributed by atoms with Crippen LogP contribution in [0.2, 0.25) is 0 Å². The normalized spacial score (nSPS) is 12.5. The number of anilines is 2. The van der Waals surface area contributed by atoms with Gasteiger partial charge in [-0.25, -0.2) is 0 Å². The molecule has 0 atom stereocenters. The first kappa shape index (κ1) is 36.0. The molecule has 11 rings (SSSR count). The molecule has 10 aromatic carbocycles. The molecule has 0 aromatic heterocycles. The van der Waals surface area contributed by atoms with Crippen LogP contribution in [0.3, 0.4) is 0 Å². The molecule has 0 aliphatic heterocycles. The number of hydrogen-bond acceptors (Lipinski definition) is 4. The summed E-state index contributed by atoms with van der Waals surface area (Å²) in [5.74, 6) is 2.92. The van der Waals surface area contributed by atoms with Crippen molar-refractivity contribution in [2.24, 2.45) is 0 Å². The Morgan fingerprint density at radius 2 is 0.656 bits per heavy atom. The van der Waals surface area contributed by atoms with Crippen LogP contribution < -0.4 is 20.9 Å². The van der Waals surface area contributed by atoms with Crippen LogP contribution in [-0.4, -0.2) is 0 Å². The quantitative estimate of drug-likeness (QED) is 0.151. The van der Waals surface area contributed by atoms with E-state index in [4.69, 9.17) is 20.9 Å². The summed E-state index contributed by atoms with van der Waals surface area (Å²) >= 11 is 0. The van der Waals surface area contributed by atoms with Crippen molar-refractivity contribution in [2.45, 2.75) is 5.41 Å². The summed E-state index contributed by atoms with van der Waals surface area (Å²) in [4.78, 5) is 0. The summed E-state index contributed by atoms with van der Waals surface area (Å²) in [5, 5.41) is 4.63. The summed E-state index contributed by atoms with van der Waals surface area (Å²) in [5.41, 5.74) is 25.2. The lowest BCUT2D eigenvalue weighted by atomic mass is 9.68. The van der Waals surface area contributed by atoms with E-state index in [1.807, 2.05) is 36.4 Å². The number of hydrogen-bond donors (Lipinski definition) is 2. The second-order valence-electron chi connectivity index (χ2n) is 15.6. The molecule has 0 radical (unpaired) electrons. The van der Waals surface area contributed by atoms with Crippen molar-refractivity contribution in [3.63, 3.8) is 0 Å². The van der Waals surface area contributed by atoms with Gasteiger partial charge in [0.25, 0.3) is 0 Å². The van der Waals surface area contributed by atoms with E-state index >= 15 is 0 Å². The Morgan fingerprint density at radius 3 is 1.11 bits per heavy atom. The maximum Gasteiger partial charge on any atom is 0.128 e. The molecule has 0 bridgehead atoms. The van der Waals surface area contributed by atoms with Crippen molar-refractivity contribution in [3.05, 3.63) is 241 Å². The zero-order chi connectivity index (χ0) is 40.9. The van der Waals surface area contributed by atoms with E-state index < -0.39 is 5.41 Å². The molecule has 0 heterocycles. The number of benzene rings is 10. The molecule has 0 fully saturated rings. The third-order valence-corrected chi connectivity index (χ3v) is 12.2. The molecule has 1 aliphatic rings. The molecule has 0 spiro atoms. The number of rotatable bonds is 8. The van der Waals surface area contributed by atoms with Crippen molar-refractivity contribution >= 4 is 32.9 Å². The van der Waals surface area contributed by atoms with Crippen molar-refractivity contribution in [1.29, 1.82) is 0 Å². The number of nitrogens with two attached hydrogens (primary N) is 2. The van der Waals surface area contributed by atoms with E-state index in [-0.39, 0.29) is 0 Å². The van der Waals surface area contributed by atoms with Gasteiger partial charge in [0.05, 0.1) is 5.41 Å². The minimum atomic E-state index is -0.588. The molecule has 0 saturated heterocycles. The SMILES string of the molecule is Nc1ccc(Oc2ccc(C3(c4ccc(Oc5ccc(N)c(-c6cccc7ccccc67)c5)cc4)c4ccccc4-c4ccccc43)cc2)cc1-c1cccc2ccccc12. The van der Waals surface area contributed by atoms with Gasteiger partial charge in [-0.05, 0) is 127 Å². The summed E-state index contributed by atoms with van der Waals surface area (Å²) < 4.78 is 13.1. The molecule has 10 aromatic rings. The third kappa shape index (κ3) is 6.08. The third-order valence-electron chi connectivity index (χ3n) is 12.2. The fraction of sp³-hybridized carbons (Fsp3) is 0.0175. The predicted octanol–water partition coefficient (Wildman–Crippen LogP) is 14.4. The summed E-state index contributed by atoms with van der Waals surface area (Å²) in [6, 6.07) is 75.7. The number of nitrogen functional groups attached to an aromatic ring is 2. The van der Waals surface area contributed by atoms with Crippen molar-refractivity contribution < 1.29 is 9.47 Å². The molecule has 4 N–H and O–H groups in total. The zero-order valence-electron chi connectivity index (χ0n) is 33.3. The van der Waals surface area contributed by atoms with Gasteiger partial charge in [-0.1, -0.05) is 158 Å². The highest BCUT2D eigenvalue weighted by molar-refractivity contribution is 6.00. The Kier molecular flexibility index (Phi) is 8.64. The topological polar surface area (TPSA) is 70.5 Å². The first-order chi connectivity index (χ1) is 30.0. The summed E-state index contributed by atoms with van der Waals surface area (Å²) in [6.45, 7) is 0. The fourth-order valence-corrected chi connectivity index (χ4v) is 9.43. The van der Waals surface area contributed by atoms with E-state index in [1.54, 1.807) is 0 Å². The molecule has 0 amide bonds. The second kappa shape index (κ2) is 14.6. The van der Waals surface area contributed by atoms with Gasteiger partial charge in [0.15, 0.2) is 0 Å². The molecule has 290 valence electrons. The van der Waals surface area contributed by atoms with Crippen LogP contribution in [0, 0.1) is 0 Å². The Bertz CT molecular complexity index is 3050. The fourth-order valence-electron chi connectivity index (χ4n) is 9.43. The first-order valence-electron chi connectivity index (χ1n) is 20.6. The standard InChI is InChI=1S/C57H40N2O2/c58-55-33-31-43(35-51(55)47-19-9-13-37-11-1-3-15-45(37)47)60-41-27-23-39(24-28-41)57(53-21-7-5-17-49(53)50-18-6-8-22-54(50)57)40-25-29-42(30-26-40)61-44-32-34-56(59)52(36-44)48-20-10-14-38-12-2-4-16-46(38)48/h1-36H,58-59H2. The maximum absolute atomic E-state index is 6.57. The van der Waals surface area contributed by atoms with Crippen LogP contribution >= 0.6 is 0 Å². The van der Waals surface area contributed by atoms with Gasteiger partial charge in [0, 0.05) is 22.5 Å². The van der Waals surface area contributed by atoms with Crippen molar-refractivity contribution in [1.82, 2.24) is 0 Å². The average Bonchev–Trinajstić information content (AvgIpc) is 3.61.